The zero-order valence-corrected chi connectivity index (χ0v) is 14.3. The smallest absolute Gasteiger partial charge is 0.357 e. The molecule has 2 aromatic heterocycles. The van der Waals surface area contributed by atoms with Crippen LogP contribution in [0.4, 0.5) is 5.13 Å². The number of carbonyl (C=O) groups is 2. The van der Waals surface area contributed by atoms with Gasteiger partial charge >= 0.3 is 5.97 Å². The van der Waals surface area contributed by atoms with Crippen LogP contribution in [0.5, 0.6) is 0 Å². The molecule has 0 aliphatic carbocycles. The molecule has 0 aliphatic rings. The Bertz CT molecular complexity index is 784. The predicted molar refractivity (Wildman–Crippen MR) is 89.4 cm³/mol. The van der Waals surface area contributed by atoms with E-state index in [0.717, 1.165) is 24.2 Å². The number of nitrogens with zero attached hydrogens (tertiary/aromatic N) is 3. The lowest BCUT2D eigenvalue weighted by Gasteiger charge is -2.06. The Morgan fingerprint density at radius 3 is 2.79 bits per heavy atom. The number of aryl methyl sites for hydroxylation is 1. The van der Waals surface area contributed by atoms with Crippen LogP contribution in [0.2, 0.25) is 0 Å². The van der Waals surface area contributed by atoms with Gasteiger partial charge in [-0.05, 0) is 19.4 Å². The van der Waals surface area contributed by atoms with Crippen LogP contribution in [-0.2, 0) is 11.3 Å². The van der Waals surface area contributed by atoms with E-state index < -0.39 is 11.9 Å². The third-order valence-corrected chi connectivity index (χ3v) is 3.79. The molecule has 0 aromatic carbocycles. The Balaban J connectivity index is 2.09. The lowest BCUT2D eigenvalue weighted by atomic mass is 10.3. The van der Waals surface area contributed by atoms with Gasteiger partial charge in [0, 0.05) is 18.0 Å². The van der Waals surface area contributed by atoms with Crippen molar-refractivity contribution in [1.29, 1.82) is 0 Å². The van der Waals surface area contributed by atoms with Gasteiger partial charge in [-0.15, -0.1) is 11.3 Å². The molecule has 8 nitrogen and oxygen atoms in total. The molecule has 0 aliphatic heterocycles. The first-order chi connectivity index (χ1) is 11.5. The quantitative estimate of drug-likeness (QED) is 0.765. The van der Waals surface area contributed by atoms with Crippen LogP contribution in [0, 0.1) is 0 Å². The van der Waals surface area contributed by atoms with E-state index in [1.807, 2.05) is 6.92 Å². The summed E-state index contributed by atoms with van der Waals surface area (Å²) in [5.41, 5.74) is -0.00420. The van der Waals surface area contributed by atoms with E-state index in [4.69, 9.17) is 4.74 Å². The molecule has 9 heteroatoms. The van der Waals surface area contributed by atoms with Gasteiger partial charge in [-0.1, -0.05) is 13.3 Å². The van der Waals surface area contributed by atoms with E-state index in [1.54, 1.807) is 6.92 Å². The predicted octanol–water partition coefficient (Wildman–Crippen LogP) is 1.93. The van der Waals surface area contributed by atoms with Crippen molar-refractivity contribution < 1.29 is 14.3 Å². The summed E-state index contributed by atoms with van der Waals surface area (Å²) in [4.78, 5) is 39.5. The van der Waals surface area contributed by atoms with E-state index in [1.165, 1.54) is 22.2 Å². The Hall–Kier alpha value is -2.55. The van der Waals surface area contributed by atoms with Gasteiger partial charge in [-0.3, -0.25) is 14.9 Å². The number of esters is 1. The van der Waals surface area contributed by atoms with Crippen LogP contribution >= 0.6 is 11.3 Å². The number of ether oxygens (including phenoxy) is 1. The van der Waals surface area contributed by atoms with Crippen molar-refractivity contribution in [3.63, 3.8) is 0 Å². The van der Waals surface area contributed by atoms with Crippen molar-refractivity contribution in [1.82, 2.24) is 14.8 Å². The lowest BCUT2D eigenvalue weighted by Crippen LogP contribution is -2.26. The summed E-state index contributed by atoms with van der Waals surface area (Å²) in [6.45, 7) is 4.42. The van der Waals surface area contributed by atoms with Gasteiger partial charge in [0.1, 0.15) is 5.69 Å². The first kappa shape index (κ1) is 17.8. The average molecular weight is 350 g/mol. The molecule has 2 heterocycles. The Morgan fingerprint density at radius 1 is 1.29 bits per heavy atom. The number of hydrogen-bond acceptors (Lipinski definition) is 7. The highest BCUT2D eigenvalue weighted by molar-refractivity contribution is 7.14. The Morgan fingerprint density at radius 2 is 2.08 bits per heavy atom. The SMILES string of the molecule is CCCCn1nc(C(=O)Nc2nc(C(=O)OCC)cs2)ccc1=O. The number of unbranched alkanes of at least 4 members (excludes halogenated alkanes) is 1. The lowest BCUT2D eigenvalue weighted by molar-refractivity contribution is 0.0520. The fourth-order valence-corrected chi connectivity index (χ4v) is 2.50. The highest BCUT2D eigenvalue weighted by Gasteiger charge is 2.15. The molecule has 0 spiro atoms. The Labute approximate surface area is 142 Å². The van der Waals surface area contributed by atoms with E-state index in [9.17, 15) is 14.4 Å². The van der Waals surface area contributed by atoms with Crippen LogP contribution in [0.25, 0.3) is 0 Å². The maximum atomic E-state index is 12.2. The molecule has 0 radical (unpaired) electrons. The highest BCUT2D eigenvalue weighted by Crippen LogP contribution is 2.16. The van der Waals surface area contributed by atoms with Crippen LogP contribution in [-0.4, -0.2) is 33.2 Å². The molecule has 2 rings (SSSR count). The van der Waals surface area contributed by atoms with E-state index in [-0.39, 0.29) is 28.7 Å². The molecule has 0 saturated heterocycles. The first-order valence-electron chi connectivity index (χ1n) is 7.57. The molecule has 24 heavy (non-hydrogen) atoms. The van der Waals surface area contributed by atoms with Crippen LogP contribution in [0.1, 0.15) is 47.7 Å². The zero-order chi connectivity index (χ0) is 17.5. The second-order valence-corrected chi connectivity index (χ2v) is 5.70. The minimum atomic E-state index is -0.541. The summed E-state index contributed by atoms with van der Waals surface area (Å²) in [6.07, 6.45) is 1.72. The molecule has 0 fully saturated rings. The largest absolute Gasteiger partial charge is 0.461 e. The number of carbonyl (C=O) groups excluding carboxylic acids is 2. The van der Waals surface area contributed by atoms with E-state index >= 15 is 0 Å². The van der Waals surface area contributed by atoms with Gasteiger partial charge < -0.3 is 4.74 Å². The topological polar surface area (TPSA) is 103 Å². The summed E-state index contributed by atoms with van der Waals surface area (Å²) in [5.74, 6) is -1.04. The number of hydrogen-bond donors (Lipinski definition) is 1. The molecule has 1 amide bonds. The van der Waals surface area contributed by atoms with Crippen molar-refractivity contribution in [2.45, 2.75) is 33.2 Å². The average Bonchev–Trinajstić information content (AvgIpc) is 3.03. The minimum Gasteiger partial charge on any atom is -0.461 e. The molecule has 2 aromatic rings. The summed E-state index contributed by atoms with van der Waals surface area (Å²) in [6, 6.07) is 2.67. The minimum absolute atomic E-state index is 0.110. The maximum absolute atomic E-state index is 12.2. The number of amides is 1. The molecule has 0 atom stereocenters. The van der Waals surface area contributed by atoms with Crippen molar-refractivity contribution in [3.8, 4) is 0 Å². The number of anilines is 1. The highest BCUT2D eigenvalue weighted by atomic mass is 32.1. The third-order valence-electron chi connectivity index (χ3n) is 3.03. The second-order valence-electron chi connectivity index (χ2n) is 4.85. The molecule has 1 N–H and O–H groups in total. The first-order valence-corrected chi connectivity index (χ1v) is 8.45. The van der Waals surface area contributed by atoms with Gasteiger partial charge in [0.25, 0.3) is 11.5 Å². The van der Waals surface area contributed by atoms with Crippen molar-refractivity contribution >= 4 is 28.3 Å². The van der Waals surface area contributed by atoms with E-state index in [2.05, 4.69) is 15.4 Å². The number of rotatable bonds is 7. The van der Waals surface area contributed by atoms with E-state index in [0.29, 0.717) is 6.54 Å². The van der Waals surface area contributed by atoms with Crippen molar-refractivity contribution in [2.75, 3.05) is 11.9 Å². The molecule has 0 unspecified atom stereocenters. The fraction of sp³-hybridized carbons (Fsp3) is 0.400. The molecule has 128 valence electrons. The van der Waals surface area contributed by atoms with Crippen molar-refractivity contribution in [2.24, 2.45) is 0 Å². The second kappa shape index (κ2) is 8.34. The van der Waals surface area contributed by atoms with Gasteiger partial charge in [0.2, 0.25) is 0 Å². The number of aromatic nitrogens is 3. The summed E-state index contributed by atoms with van der Waals surface area (Å²) in [7, 11) is 0. The number of nitrogens with one attached hydrogen (secondary N) is 1. The molecular weight excluding hydrogens is 332 g/mol. The van der Waals surface area contributed by atoms with Gasteiger partial charge in [0.15, 0.2) is 10.8 Å². The van der Waals surface area contributed by atoms with Crippen LogP contribution < -0.4 is 10.9 Å². The number of thiazole rings is 1. The van der Waals surface area contributed by atoms with Gasteiger partial charge in [0.05, 0.1) is 6.61 Å². The normalized spacial score (nSPS) is 10.4. The monoisotopic (exact) mass is 350 g/mol. The Kier molecular flexibility index (Phi) is 6.19. The fourth-order valence-electron chi connectivity index (χ4n) is 1.83. The summed E-state index contributed by atoms with van der Waals surface area (Å²) in [5, 5.41) is 8.38. The zero-order valence-electron chi connectivity index (χ0n) is 13.4. The van der Waals surface area contributed by atoms with Crippen LogP contribution in [0.15, 0.2) is 22.3 Å². The summed E-state index contributed by atoms with van der Waals surface area (Å²) < 4.78 is 6.11. The van der Waals surface area contributed by atoms with Crippen molar-refractivity contribution in [3.05, 3.63) is 39.3 Å². The standard InChI is InChI=1S/C15H18N4O4S/c1-3-5-8-19-12(20)7-6-10(18-19)13(21)17-15-16-11(9-24-15)14(22)23-4-2/h6-7,9H,3-5,8H2,1-2H3,(H,16,17,21). The molecular formula is C15H18N4O4S. The van der Waals surface area contributed by atoms with Gasteiger partial charge in [-0.2, -0.15) is 5.10 Å². The van der Waals surface area contributed by atoms with Crippen LogP contribution in [0.3, 0.4) is 0 Å². The molecule has 0 bridgehead atoms. The maximum Gasteiger partial charge on any atom is 0.357 e. The third kappa shape index (κ3) is 4.48. The summed E-state index contributed by atoms with van der Waals surface area (Å²) >= 11 is 1.11. The van der Waals surface area contributed by atoms with Gasteiger partial charge in [-0.25, -0.2) is 14.5 Å². The molecule has 0 saturated carbocycles.